The lowest BCUT2D eigenvalue weighted by Gasteiger charge is -2.19. The molecule has 0 aliphatic heterocycles. The van der Waals surface area contributed by atoms with E-state index in [0.717, 1.165) is 12.3 Å². The van der Waals surface area contributed by atoms with Crippen LogP contribution in [0, 0.1) is 17.8 Å². The zero-order valence-corrected chi connectivity index (χ0v) is 8.12. The zero-order chi connectivity index (χ0) is 9.14. The number of hydrogen-bond donors (Lipinski definition) is 0. The fourth-order valence-electron chi connectivity index (χ4n) is 2.57. The van der Waals surface area contributed by atoms with Crippen LogP contribution in [0.5, 0.6) is 0 Å². The molecule has 1 aliphatic carbocycles. The first-order chi connectivity index (χ1) is 5.70. The van der Waals surface area contributed by atoms with E-state index in [9.17, 15) is 4.79 Å². The summed E-state index contributed by atoms with van der Waals surface area (Å²) < 4.78 is 5.04. The van der Waals surface area contributed by atoms with E-state index in [4.69, 9.17) is 4.74 Å². The molecule has 0 spiro atoms. The Morgan fingerprint density at radius 2 is 2.17 bits per heavy atom. The molecule has 1 aliphatic rings. The Morgan fingerprint density at radius 3 is 2.58 bits per heavy atom. The van der Waals surface area contributed by atoms with Gasteiger partial charge in [-0.25, -0.2) is 0 Å². The average molecular weight is 170 g/mol. The van der Waals surface area contributed by atoms with Crippen molar-refractivity contribution in [3.63, 3.8) is 0 Å². The van der Waals surface area contributed by atoms with Crippen molar-refractivity contribution >= 4 is 6.47 Å². The summed E-state index contributed by atoms with van der Waals surface area (Å²) in [6.07, 6.45) is 2.40. The standard InChI is InChI=1S/C10H18O2/c1-4-9-7(2)5-10(8(9)3)12-6-11/h6-10H,4-5H2,1-3H3/t7-,8-,9+,10+/m0/s1. The Kier molecular flexibility index (Phi) is 3.12. The van der Waals surface area contributed by atoms with Crippen LogP contribution >= 0.6 is 0 Å². The van der Waals surface area contributed by atoms with Crippen LogP contribution in [0.15, 0.2) is 0 Å². The van der Waals surface area contributed by atoms with Gasteiger partial charge in [0.1, 0.15) is 6.10 Å². The fraction of sp³-hybridized carbons (Fsp3) is 0.900. The van der Waals surface area contributed by atoms with Gasteiger partial charge in [-0.15, -0.1) is 0 Å². The lowest BCUT2D eigenvalue weighted by Crippen LogP contribution is -2.18. The van der Waals surface area contributed by atoms with Crippen LogP contribution in [-0.2, 0) is 9.53 Å². The van der Waals surface area contributed by atoms with Crippen molar-refractivity contribution in [1.82, 2.24) is 0 Å². The van der Waals surface area contributed by atoms with E-state index in [1.165, 1.54) is 6.42 Å². The van der Waals surface area contributed by atoms with Crippen molar-refractivity contribution in [2.24, 2.45) is 17.8 Å². The lowest BCUT2D eigenvalue weighted by atomic mass is 9.89. The summed E-state index contributed by atoms with van der Waals surface area (Å²) in [7, 11) is 0. The number of carbonyl (C=O) groups excluding carboxylic acids is 1. The highest BCUT2D eigenvalue weighted by atomic mass is 16.5. The van der Waals surface area contributed by atoms with E-state index >= 15 is 0 Å². The molecule has 12 heavy (non-hydrogen) atoms. The van der Waals surface area contributed by atoms with Gasteiger partial charge in [-0.1, -0.05) is 27.2 Å². The minimum absolute atomic E-state index is 0.169. The normalized spacial score (nSPS) is 41.2. The molecular formula is C10H18O2. The molecule has 0 amide bonds. The van der Waals surface area contributed by atoms with Gasteiger partial charge in [0, 0.05) is 0 Å². The molecular weight excluding hydrogens is 152 g/mol. The second-order valence-electron chi connectivity index (χ2n) is 3.91. The van der Waals surface area contributed by atoms with Crippen molar-refractivity contribution in [2.45, 2.75) is 39.7 Å². The SMILES string of the molecule is CC[C@H]1[C@H](C)[C@H](OC=O)C[C@@H]1C. The van der Waals surface area contributed by atoms with Gasteiger partial charge in [-0.3, -0.25) is 4.79 Å². The lowest BCUT2D eigenvalue weighted by molar-refractivity contribution is -0.135. The van der Waals surface area contributed by atoms with Gasteiger partial charge in [0.2, 0.25) is 0 Å². The maximum atomic E-state index is 10.2. The number of rotatable bonds is 3. The van der Waals surface area contributed by atoms with Gasteiger partial charge in [-0.05, 0) is 24.2 Å². The van der Waals surface area contributed by atoms with Gasteiger partial charge in [-0.2, -0.15) is 0 Å². The molecule has 1 fully saturated rings. The minimum atomic E-state index is 0.169. The number of ether oxygens (including phenoxy) is 1. The quantitative estimate of drug-likeness (QED) is 0.607. The Hall–Kier alpha value is -0.530. The van der Waals surface area contributed by atoms with Crippen LogP contribution in [0.3, 0.4) is 0 Å². The van der Waals surface area contributed by atoms with Crippen LogP contribution < -0.4 is 0 Å². The predicted molar refractivity (Wildman–Crippen MR) is 47.7 cm³/mol. The zero-order valence-electron chi connectivity index (χ0n) is 8.12. The van der Waals surface area contributed by atoms with Gasteiger partial charge in [0.25, 0.3) is 6.47 Å². The Balaban J connectivity index is 2.55. The first-order valence-electron chi connectivity index (χ1n) is 4.79. The van der Waals surface area contributed by atoms with Crippen molar-refractivity contribution in [3.8, 4) is 0 Å². The molecule has 70 valence electrons. The Bertz CT molecular complexity index is 156. The third kappa shape index (κ3) is 1.62. The Labute approximate surface area is 74.3 Å². The number of hydrogen-bond acceptors (Lipinski definition) is 2. The van der Waals surface area contributed by atoms with Crippen LogP contribution in [-0.4, -0.2) is 12.6 Å². The molecule has 0 N–H and O–H groups in total. The summed E-state index contributed by atoms with van der Waals surface area (Å²) in [5.74, 6) is 1.97. The predicted octanol–water partition coefficient (Wildman–Crippen LogP) is 2.23. The fourth-order valence-corrected chi connectivity index (χ4v) is 2.57. The smallest absolute Gasteiger partial charge is 0.293 e. The summed E-state index contributed by atoms with van der Waals surface area (Å²) in [6, 6.07) is 0. The van der Waals surface area contributed by atoms with E-state index in [2.05, 4.69) is 20.8 Å². The van der Waals surface area contributed by atoms with Gasteiger partial charge < -0.3 is 4.74 Å². The highest BCUT2D eigenvalue weighted by Crippen LogP contribution is 2.39. The average Bonchev–Trinajstić information content (AvgIpc) is 2.29. The maximum absolute atomic E-state index is 10.2. The molecule has 1 rings (SSSR count). The highest BCUT2D eigenvalue weighted by Gasteiger charge is 2.38. The molecule has 0 saturated heterocycles. The van der Waals surface area contributed by atoms with Crippen molar-refractivity contribution in [2.75, 3.05) is 0 Å². The van der Waals surface area contributed by atoms with Gasteiger partial charge in [0.15, 0.2) is 0 Å². The van der Waals surface area contributed by atoms with E-state index in [0.29, 0.717) is 18.3 Å². The minimum Gasteiger partial charge on any atom is -0.464 e. The van der Waals surface area contributed by atoms with E-state index in [-0.39, 0.29) is 6.10 Å². The molecule has 0 unspecified atom stereocenters. The van der Waals surface area contributed by atoms with Crippen LogP contribution in [0.1, 0.15) is 33.6 Å². The second kappa shape index (κ2) is 3.92. The van der Waals surface area contributed by atoms with Crippen LogP contribution in [0.25, 0.3) is 0 Å². The van der Waals surface area contributed by atoms with Gasteiger partial charge >= 0.3 is 0 Å². The van der Waals surface area contributed by atoms with Crippen molar-refractivity contribution in [3.05, 3.63) is 0 Å². The third-order valence-corrected chi connectivity index (χ3v) is 3.30. The summed E-state index contributed by atoms with van der Waals surface area (Å²) in [4.78, 5) is 10.2. The highest BCUT2D eigenvalue weighted by molar-refractivity contribution is 5.37. The van der Waals surface area contributed by atoms with Crippen LogP contribution in [0.4, 0.5) is 0 Å². The van der Waals surface area contributed by atoms with Gasteiger partial charge in [0.05, 0.1) is 0 Å². The molecule has 1 saturated carbocycles. The molecule has 0 bridgehead atoms. The summed E-state index contributed by atoms with van der Waals surface area (Å²) in [6.45, 7) is 7.23. The van der Waals surface area contributed by atoms with E-state index in [1.807, 2.05) is 0 Å². The van der Waals surface area contributed by atoms with E-state index in [1.54, 1.807) is 0 Å². The number of carbonyl (C=O) groups is 1. The summed E-state index contributed by atoms with van der Waals surface area (Å²) in [5.41, 5.74) is 0. The first-order valence-corrected chi connectivity index (χ1v) is 4.79. The molecule has 2 heteroatoms. The van der Waals surface area contributed by atoms with Crippen molar-refractivity contribution in [1.29, 1.82) is 0 Å². The first kappa shape index (κ1) is 9.56. The molecule has 2 nitrogen and oxygen atoms in total. The molecule has 0 aromatic heterocycles. The largest absolute Gasteiger partial charge is 0.464 e. The van der Waals surface area contributed by atoms with Crippen molar-refractivity contribution < 1.29 is 9.53 Å². The van der Waals surface area contributed by atoms with E-state index < -0.39 is 0 Å². The Morgan fingerprint density at radius 1 is 1.50 bits per heavy atom. The molecule has 0 radical (unpaired) electrons. The summed E-state index contributed by atoms with van der Waals surface area (Å²) in [5, 5.41) is 0. The molecule has 0 aromatic carbocycles. The van der Waals surface area contributed by atoms with Crippen LogP contribution in [0.2, 0.25) is 0 Å². The topological polar surface area (TPSA) is 26.3 Å². The maximum Gasteiger partial charge on any atom is 0.293 e. The third-order valence-electron chi connectivity index (χ3n) is 3.30. The second-order valence-corrected chi connectivity index (χ2v) is 3.91. The molecule has 4 atom stereocenters. The molecule has 0 aromatic rings. The monoisotopic (exact) mass is 170 g/mol. The summed E-state index contributed by atoms with van der Waals surface area (Å²) >= 11 is 0. The molecule has 0 heterocycles.